The molecular weight excluding hydrogens is 440 g/mol. The average molecular weight is 471 g/mol. The Morgan fingerprint density at radius 2 is 1.70 bits per heavy atom. The number of benzene rings is 2. The highest BCUT2D eigenvalue weighted by Crippen LogP contribution is 2.40. The maximum absolute atomic E-state index is 12.3. The molecule has 1 fully saturated rings. The van der Waals surface area contributed by atoms with Gasteiger partial charge in [-0.1, -0.05) is 56.1 Å². The van der Waals surface area contributed by atoms with Crippen molar-refractivity contribution in [2.75, 3.05) is 18.4 Å². The summed E-state index contributed by atoms with van der Waals surface area (Å²) in [6.45, 7) is 5.92. The summed E-state index contributed by atoms with van der Waals surface area (Å²) in [5, 5.41) is 7.30. The number of carbonyl (C=O) groups excluding carboxylic acids is 2. The molecule has 1 atom stereocenters. The highest BCUT2D eigenvalue weighted by atomic mass is 35.5. The standard InChI is InChI=1S/C26H31ClN2O4/c1-3-17(2)14-18-4-6-19(7-5-18)15-29-25-20-12-13-28-16-26(21(20)8-9-22(25)27)32-23(30)10-11-24(31)33-26/h4-9,17,28-29H,3,10-16H2,1-2H3. The quantitative estimate of drug-likeness (QED) is 0.595. The third-order valence-corrected chi connectivity index (χ3v) is 6.76. The second-order valence-corrected chi connectivity index (χ2v) is 9.37. The van der Waals surface area contributed by atoms with E-state index in [0.717, 1.165) is 23.2 Å². The summed E-state index contributed by atoms with van der Waals surface area (Å²) in [6, 6.07) is 12.2. The number of carbonyl (C=O) groups is 2. The Morgan fingerprint density at radius 3 is 2.36 bits per heavy atom. The molecule has 2 N–H and O–H groups in total. The van der Waals surface area contributed by atoms with Crippen LogP contribution in [0.3, 0.4) is 0 Å². The molecule has 2 aromatic carbocycles. The lowest BCUT2D eigenvalue weighted by atomic mass is 9.96. The first kappa shape index (κ1) is 23.6. The Kier molecular flexibility index (Phi) is 7.25. The zero-order valence-electron chi connectivity index (χ0n) is 19.2. The van der Waals surface area contributed by atoms with Crippen LogP contribution in [-0.2, 0) is 44.2 Å². The summed E-state index contributed by atoms with van der Waals surface area (Å²) in [5.41, 5.74) is 4.81. The molecule has 176 valence electrons. The highest BCUT2D eigenvalue weighted by Gasteiger charge is 2.45. The van der Waals surface area contributed by atoms with Gasteiger partial charge in [0.05, 0.1) is 30.1 Å². The fourth-order valence-corrected chi connectivity index (χ4v) is 4.64. The molecule has 4 rings (SSSR count). The molecule has 2 aromatic rings. The number of hydrogen-bond donors (Lipinski definition) is 2. The van der Waals surface area contributed by atoms with Gasteiger partial charge in [-0.05, 0) is 54.1 Å². The first-order valence-corrected chi connectivity index (χ1v) is 12.1. The average Bonchev–Trinajstić information content (AvgIpc) is 3.06. The molecule has 2 aliphatic heterocycles. The van der Waals surface area contributed by atoms with E-state index in [0.29, 0.717) is 36.0 Å². The molecule has 0 aliphatic carbocycles. The molecule has 0 saturated carbocycles. The first-order chi connectivity index (χ1) is 15.9. The van der Waals surface area contributed by atoms with Crippen molar-refractivity contribution >= 4 is 29.2 Å². The summed E-state index contributed by atoms with van der Waals surface area (Å²) in [5.74, 6) is -1.70. The van der Waals surface area contributed by atoms with Gasteiger partial charge >= 0.3 is 11.9 Å². The van der Waals surface area contributed by atoms with Crippen LogP contribution in [0.4, 0.5) is 5.69 Å². The number of anilines is 1. The van der Waals surface area contributed by atoms with Crippen LogP contribution in [0.5, 0.6) is 0 Å². The van der Waals surface area contributed by atoms with Crippen LogP contribution in [0.1, 0.15) is 55.4 Å². The monoisotopic (exact) mass is 470 g/mol. The van der Waals surface area contributed by atoms with Gasteiger partial charge in [0.1, 0.15) is 0 Å². The number of ether oxygens (including phenoxy) is 2. The number of fused-ring (bicyclic) bond motifs is 2. The summed E-state index contributed by atoms with van der Waals surface area (Å²) in [7, 11) is 0. The second kappa shape index (κ2) is 10.1. The van der Waals surface area contributed by atoms with Crippen molar-refractivity contribution in [3.63, 3.8) is 0 Å². The van der Waals surface area contributed by atoms with Gasteiger partial charge in [-0.25, -0.2) is 0 Å². The maximum Gasteiger partial charge on any atom is 0.309 e. The van der Waals surface area contributed by atoms with Crippen molar-refractivity contribution < 1.29 is 19.1 Å². The van der Waals surface area contributed by atoms with Crippen molar-refractivity contribution in [2.45, 2.75) is 58.3 Å². The zero-order valence-corrected chi connectivity index (χ0v) is 20.0. The van der Waals surface area contributed by atoms with E-state index in [-0.39, 0.29) is 19.4 Å². The number of rotatable bonds is 6. The normalized spacial score (nSPS) is 18.5. The van der Waals surface area contributed by atoms with Crippen molar-refractivity contribution in [1.29, 1.82) is 0 Å². The molecule has 33 heavy (non-hydrogen) atoms. The molecule has 0 aromatic heterocycles. The molecule has 6 nitrogen and oxygen atoms in total. The summed E-state index contributed by atoms with van der Waals surface area (Å²) >= 11 is 6.60. The molecular formula is C26H31ClN2O4. The summed E-state index contributed by atoms with van der Waals surface area (Å²) < 4.78 is 11.4. The predicted octanol–water partition coefficient (Wildman–Crippen LogP) is 4.72. The molecule has 0 bridgehead atoms. The topological polar surface area (TPSA) is 76.7 Å². The van der Waals surface area contributed by atoms with Crippen LogP contribution in [0.15, 0.2) is 36.4 Å². The molecule has 0 radical (unpaired) electrons. The minimum absolute atomic E-state index is 0.0155. The zero-order chi connectivity index (χ0) is 23.4. The predicted molar refractivity (Wildman–Crippen MR) is 128 cm³/mol. The van der Waals surface area contributed by atoms with Gasteiger partial charge in [-0.2, -0.15) is 0 Å². The fraction of sp³-hybridized carbons (Fsp3) is 0.462. The van der Waals surface area contributed by atoms with Crippen LogP contribution in [0, 0.1) is 5.92 Å². The van der Waals surface area contributed by atoms with Crippen LogP contribution in [0.2, 0.25) is 5.02 Å². The Bertz CT molecular complexity index is 1000. The summed E-state index contributed by atoms with van der Waals surface area (Å²) in [6.07, 6.45) is 2.93. The van der Waals surface area contributed by atoms with Crippen molar-refractivity contribution in [1.82, 2.24) is 5.32 Å². The smallest absolute Gasteiger partial charge is 0.309 e. The lowest BCUT2D eigenvalue weighted by molar-refractivity contribution is -0.225. The van der Waals surface area contributed by atoms with Gasteiger partial charge in [0.25, 0.3) is 5.79 Å². The minimum Gasteiger partial charge on any atom is -0.416 e. The largest absolute Gasteiger partial charge is 0.416 e. The van der Waals surface area contributed by atoms with Crippen LogP contribution < -0.4 is 10.6 Å². The molecule has 2 aliphatic rings. The SMILES string of the molecule is CCC(C)Cc1ccc(CNc2c(Cl)ccc3c2CCNCC32OC(=O)CCC(=O)O2)cc1. The molecule has 2 heterocycles. The minimum atomic E-state index is -1.48. The number of nitrogens with one attached hydrogen (secondary N) is 2. The van der Waals surface area contributed by atoms with Gasteiger partial charge in [0, 0.05) is 12.1 Å². The van der Waals surface area contributed by atoms with Crippen molar-refractivity contribution in [3.05, 3.63) is 63.7 Å². The van der Waals surface area contributed by atoms with Crippen LogP contribution in [-0.4, -0.2) is 25.0 Å². The van der Waals surface area contributed by atoms with E-state index in [2.05, 4.69) is 48.7 Å². The van der Waals surface area contributed by atoms with Gasteiger partial charge in [0.15, 0.2) is 0 Å². The first-order valence-electron chi connectivity index (χ1n) is 11.7. The molecule has 1 saturated heterocycles. The number of hydrogen-bond acceptors (Lipinski definition) is 6. The van der Waals surface area contributed by atoms with Gasteiger partial charge in [0.2, 0.25) is 0 Å². The van der Waals surface area contributed by atoms with Crippen molar-refractivity contribution in [2.24, 2.45) is 5.92 Å². The Labute approximate surface area is 200 Å². The third-order valence-electron chi connectivity index (χ3n) is 6.45. The van der Waals surface area contributed by atoms with E-state index in [1.165, 1.54) is 12.0 Å². The Balaban J connectivity index is 1.60. The molecule has 7 heteroatoms. The van der Waals surface area contributed by atoms with E-state index in [4.69, 9.17) is 21.1 Å². The number of esters is 2. The molecule has 0 amide bonds. The van der Waals surface area contributed by atoms with Gasteiger partial charge in [-0.15, -0.1) is 0 Å². The van der Waals surface area contributed by atoms with Crippen LogP contribution >= 0.6 is 11.6 Å². The van der Waals surface area contributed by atoms with E-state index >= 15 is 0 Å². The third kappa shape index (κ3) is 5.33. The lowest BCUT2D eigenvalue weighted by Crippen LogP contribution is -2.43. The van der Waals surface area contributed by atoms with E-state index in [1.54, 1.807) is 12.1 Å². The Hall–Kier alpha value is -2.57. The van der Waals surface area contributed by atoms with Gasteiger partial charge < -0.3 is 20.1 Å². The Morgan fingerprint density at radius 1 is 1.03 bits per heavy atom. The summed E-state index contributed by atoms with van der Waals surface area (Å²) in [4.78, 5) is 24.6. The molecule has 1 spiro atoms. The van der Waals surface area contributed by atoms with Crippen LogP contribution in [0.25, 0.3) is 0 Å². The lowest BCUT2D eigenvalue weighted by Gasteiger charge is -2.32. The number of halogens is 1. The van der Waals surface area contributed by atoms with E-state index in [1.807, 2.05) is 0 Å². The van der Waals surface area contributed by atoms with Crippen molar-refractivity contribution in [3.8, 4) is 0 Å². The van der Waals surface area contributed by atoms with Gasteiger partial charge in [-0.3, -0.25) is 9.59 Å². The fourth-order valence-electron chi connectivity index (χ4n) is 4.40. The maximum atomic E-state index is 12.3. The van der Waals surface area contributed by atoms with E-state index in [9.17, 15) is 9.59 Å². The highest BCUT2D eigenvalue weighted by molar-refractivity contribution is 6.33. The van der Waals surface area contributed by atoms with E-state index < -0.39 is 17.7 Å². The molecule has 1 unspecified atom stereocenters. The second-order valence-electron chi connectivity index (χ2n) is 8.96.